The Morgan fingerprint density at radius 2 is 1.18 bits per heavy atom. The van der Waals surface area contributed by atoms with Gasteiger partial charge in [0.25, 0.3) is 0 Å². The number of aliphatic carboxylic acids is 1. The number of quaternary nitrogens is 1. The van der Waals surface area contributed by atoms with Gasteiger partial charge in [-0.1, -0.05) is 106 Å². The van der Waals surface area contributed by atoms with Gasteiger partial charge in [0.15, 0.2) is 6.10 Å². The van der Waals surface area contributed by atoms with Gasteiger partial charge in [0.05, 0.1) is 40.3 Å². The second-order valence-corrected chi connectivity index (χ2v) is 13.1. The molecule has 0 aromatic rings. The van der Waals surface area contributed by atoms with E-state index < -0.39 is 18.1 Å². The lowest BCUT2D eigenvalue weighted by Gasteiger charge is -2.34. The van der Waals surface area contributed by atoms with E-state index >= 15 is 0 Å². The normalized spacial score (nSPS) is 13.9. The van der Waals surface area contributed by atoms with Crippen LogP contribution >= 0.6 is 0 Å². The number of carbonyl (C=O) groups is 3. The molecule has 0 N–H and O–H groups in total. The molecule has 0 spiro atoms. The number of allylic oxidation sites excluding steroid dienone is 12. The van der Waals surface area contributed by atoms with Crippen molar-refractivity contribution >= 4 is 17.9 Å². The summed E-state index contributed by atoms with van der Waals surface area (Å²) < 4.78 is 17.0. The van der Waals surface area contributed by atoms with Gasteiger partial charge < -0.3 is 28.6 Å². The molecule has 8 heteroatoms. The predicted octanol–water partition coefficient (Wildman–Crippen LogP) is 7.90. The van der Waals surface area contributed by atoms with E-state index in [1.54, 1.807) is 21.1 Å². The van der Waals surface area contributed by atoms with Gasteiger partial charge in [0.2, 0.25) is 0 Å². The summed E-state index contributed by atoms with van der Waals surface area (Å²) in [7, 11) is 5.36. The monoisotopic (exact) mass is 685 g/mol. The van der Waals surface area contributed by atoms with Crippen LogP contribution in [0.15, 0.2) is 72.9 Å². The number of hydrogen-bond donors (Lipinski definition) is 0. The van der Waals surface area contributed by atoms with Crippen LogP contribution in [0.3, 0.4) is 0 Å². The van der Waals surface area contributed by atoms with Crippen LogP contribution in [-0.2, 0) is 28.6 Å². The second-order valence-electron chi connectivity index (χ2n) is 13.1. The van der Waals surface area contributed by atoms with Crippen LogP contribution in [0.4, 0.5) is 0 Å². The number of hydrogen-bond acceptors (Lipinski definition) is 7. The summed E-state index contributed by atoms with van der Waals surface area (Å²) in [5.74, 6) is -1.83. The molecule has 0 fully saturated rings. The average Bonchev–Trinajstić information content (AvgIpc) is 3.05. The molecule has 0 aliphatic carbocycles. The SMILES string of the molecule is CC/C=C/C=C/C=C/CCCCCCCC(=O)OC(COCCC(C(=O)[O-])[N+](C)(C)C)COC(=O)CCCC/C=C/C/C=C/C/C=C/CC. The van der Waals surface area contributed by atoms with Crippen molar-refractivity contribution in [2.45, 2.75) is 129 Å². The van der Waals surface area contributed by atoms with Crippen LogP contribution in [-0.4, -0.2) is 75.5 Å². The van der Waals surface area contributed by atoms with Crippen LogP contribution < -0.4 is 5.11 Å². The fourth-order valence-electron chi connectivity index (χ4n) is 4.79. The first kappa shape index (κ1) is 45.8. The van der Waals surface area contributed by atoms with Gasteiger partial charge in [0, 0.05) is 19.3 Å². The number of esters is 2. The summed E-state index contributed by atoms with van der Waals surface area (Å²) in [4.78, 5) is 36.6. The van der Waals surface area contributed by atoms with E-state index in [9.17, 15) is 19.5 Å². The summed E-state index contributed by atoms with van der Waals surface area (Å²) in [6, 6.07) is -0.737. The highest BCUT2D eigenvalue weighted by molar-refractivity contribution is 5.70. The molecule has 0 rings (SSSR count). The lowest BCUT2D eigenvalue weighted by atomic mass is 10.1. The summed E-state index contributed by atoms with van der Waals surface area (Å²) in [5, 5.41) is 11.6. The Kier molecular flexibility index (Phi) is 29.9. The first-order valence-corrected chi connectivity index (χ1v) is 18.5. The van der Waals surface area contributed by atoms with Gasteiger partial charge in [-0.2, -0.15) is 0 Å². The van der Waals surface area contributed by atoms with Gasteiger partial charge >= 0.3 is 11.9 Å². The summed E-state index contributed by atoms with van der Waals surface area (Å²) in [6.45, 7) is 4.31. The maximum atomic E-state index is 12.6. The number of carboxylic acids is 1. The van der Waals surface area contributed by atoms with Crippen molar-refractivity contribution in [3.8, 4) is 0 Å². The Balaban J connectivity index is 4.55. The third-order valence-electron chi connectivity index (χ3n) is 7.65. The third-order valence-corrected chi connectivity index (χ3v) is 7.65. The molecular formula is C41H67NO7. The van der Waals surface area contributed by atoms with Crippen molar-refractivity contribution in [3.63, 3.8) is 0 Å². The standard InChI is InChI=1S/C41H67NO7/c1-6-8-10-12-14-16-18-20-22-24-26-28-30-32-40(44)49-37(35-47-34-33-38(41(45)46)42(3,4)5)36-48-39(43)31-29-27-25-23-21-19-17-15-13-11-9-7-2/h8-12,14-18,21,23,37-38H,6-7,13,19-20,22,24-36H2,1-5H3/b10-8+,11-9+,14-12+,17-15+,18-16+,23-21+. The van der Waals surface area contributed by atoms with Crippen molar-refractivity contribution in [3.05, 3.63) is 72.9 Å². The largest absolute Gasteiger partial charge is 0.544 e. The Morgan fingerprint density at radius 3 is 1.86 bits per heavy atom. The molecule has 0 aliphatic heterocycles. The Bertz CT molecular complexity index is 1030. The van der Waals surface area contributed by atoms with Crippen LogP contribution in [0, 0.1) is 0 Å². The zero-order valence-electron chi connectivity index (χ0n) is 31.3. The van der Waals surface area contributed by atoms with Gasteiger partial charge in [-0.05, 0) is 64.2 Å². The van der Waals surface area contributed by atoms with Crippen LogP contribution in [0.5, 0.6) is 0 Å². The molecule has 2 unspecified atom stereocenters. The Labute approximate surface area is 298 Å². The zero-order valence-corrected chi connectivity index (χ0v) is 31.3. The van der Waals surface area contributed by atoms with Crippen molar-refractivity contribution in [2.24, 2.45) is 0 Å². The molecule has 8 nitrogen and oxygen atoms in total. The smallest absolute Gasteiger partial charge is 0.306 e. The van der Waals surface area contributed by atoms with Crippen molar-refractivity contribution in [1.82, 2.24) is 0 Å². The van der Waals surface area contributed by atoms with E-state index in [4.69, 9.17) is 14.2 Å². The molecule has 0 bridgehead atoms. The second kappa shape index (κ2) is 32.0. The Hall–Kier alpha value is -3.23. The first-order chi connectivity index (χ1) is 23.6. The maximum absolute atomic E-state index is 12.6. The number of rotatable bonds is 31. The van der Waals surface area contributed by atoms with E-state index in [2.05, 4.69) is 74.6 Å². The summed E-state index contributed by atoms with van der Waals surface area (Å²) >= 11 is 0. The number of carboxylic acid groups (broad SMARTS) is 1. The van der Waals surface area contributed by atoms with E-state index in [-0.39, 0.29) is 49.1 Å². The summed E-state index contributed by atoms with van der Waals surface area (Å²) in [5.41, 5.74) is 0. The van der Waals surface area contributed by atoms with Gasteiger partial charge in [0.1, 0.15) is 12.6 Å². The molecule has 0 radical (unpaired) electrons. The van der Waals surface area contributed by atoms with Gasteiger partial charge in [-0.15, -0.1) is 0 Å². The molecule has 0 amide bonds. The molecule has 278 valence electrons. The van der Waals surface area contributed by atoms with E-state index in [0.29, 0.717) is 12.8 Å². The van der Waals surface area contributed by atoms with E-state index in [0.717, 1.165) is 77.0 Å². The van der Waals surface area contributed by atoms with Gasteiger partial charge in [-0.3, -0.25) is 9.59 Å². The topological polar surface area (TPSA) is 102 Å². The number of ether oxygens (including phenoxy) is 3. The van der Waals surface area contributed by atoms with Gasteiger partial charge in [-0.25, -0.2) is 0 Å². The van der Waals surface area contributed by atoms with Crippen molar-refractivity contribution in [1.29, 1.82) is 0 Å². The minimum Gasteiger partial charge on any atom is -0.544 e. The quantitative estimate of drug-likeness (QED) is 0.0240. The number of carbonyl (C=O) groups excluding carboxylic acids is 3. The first-order valence-electron chi connectivity index (χ1n) is 18.5. The minimum atomic E-state index is -1.14. The zero-order chi connectivity index (χ0) is 36.4. The highest BCUT2D eigenvalue weighted by Crippen LogP contribution is 2.11. The van der Waals surface area contributed by atoms with Crippen LogP contribution in [0.25, 0.3) is 0 Å². The Morgan fingerprint density at radius 1 is 0.633 bits per heavy atom. The van der Waals surface area contributed by atoms with Crippen molar-refractivity contribution in [2.75, 3.05) is 41.0 Å². The fraction of sp³-hybridized carbons (Fsp3) is 0.634. The molecule has 0 saturated heterocycles. The lowest BCUT2D eigenvalue weighted by molar-refractivity contribution is -0.889. The molecule has 0 aromatic heterocycles. The number of unbranched alkanes of at least 4 members (excludes halogenated alkanes) is 7. The molecule has 49 heavy (non-hydrogen) atoms. The molecule has 0 heterocycles. The predicted molar refractivity (Wildman–Crippen MR) is 199 cm³/mol. The summed E-state index contributed by atoms with van der Waals surface area (Å²) in [6.07, 6.45) is 37.9. The molecule has 2 atom stereocenters. The fourth-order valence-corrected chi connectivity index (χ4v) is 4.79. The van der Waals surface area contributed by atoms with Crippen LogP contribution in [0.1, 0.15) is 117 Å². The average molecular weight is 686 g/mol. The van der Waals surface area contributed by atoms with E-state index in [1.165, 1.54) is 0 Å². The molecule has 0 saturated carbocycles. The number of likely N-dealkylation sites (N-methyl/N-ethyl adjacent to an activating group) is 1. The molecule has 0 aliphatic rings. The maximum Gasteiger partial charge on any atom is 0.306 e. The highest BCUT2D eigenvalue weighted by Gasteiger charge is 2.25. The highest BCUT2D eigenvalue weighted by atomic mass is 16.6. The number of nitrogens with zero attached hydrogens (tertiary/aromatic N) is 1. The third kappa shape index (κ3) is 30.6. The molecular weight excluding hydrogens is 618 g/mol. The van der Waals surface area contributed by atoms with Crippen molar-refractivity contribution < 1.29 is 38.2 Å². The van der Waals surface area contributed by atoms with Crippen LogP contribution in [0.2, 0.25) is 0 Å². The molecule has 0 aromatic carbocycles. The minimum absolute atomic E-state index is 0.0155. The lowest BCUT2D eigenvalue weighted by Crippen LogP contribution is -2.55. The van der Waals surface area contributed by atoms with E-state index in [1.807, 2.05) is 12.2 Å².